The summed E-state index contributed by atoms with van der Waals surface area (Å²) in [6.45, 7) is 2.78. The van der Waals surface area contributed by atoms with Crippen molar-refractivity contribution in [2.45, 2.75) is 38.8 Å². The fourth-order valence-electron chi connectivity index (χ4n) is 4.09. The Kier molecular flexibility index (Phi) is 5.23. The van der Waals surface area contributed by atoms with Gasteiger partial charge in [-0.2, -0.15) is 0 Å². The lowest BCUT2D eigenvalue weighted by molar-refractivity contribution is 0.239. The Morgan fingerprint density at radius 1 is 1.03 bits per heavy atom. The van der Waals surface area contributed by atoms with Crippen LogP contribution in [0.1, 0.15) is 42.0 Å². The number of nitrogens with zero attached hydrogens (tertiary/aromatic N) is 4. The number of imidazole rings is 1. The maximum Gasteiger partial charge on any atom is 0.255 e. The van der Waals surface area contributed by atoms with Crippen LogP contribution in [0.4, 0.5) is 0 Å². The van der Waals surface area contributed by atoms with Gasteiger partial charge < -0.3 is 9.97 Å². The van der Waals surface area contributed by atoms with Crippen molar-refractivity contribution < 1.29 is 0 Å². The topological polar surface area (TPSA) is 90.0 Å². The first-order valence-corrected chi connectivity index (χ1v) is 10.7. The normalized spacial score (nSPS) is 16.9. The molecule has 4 heterocycles. The molecule has 0 fully saturated rings. The van der Waals surface area contributed by atoms with Crippen LogP contribution in [-0.4, -0.2) is 43.6 Å². The number of nitrogens with one attached hydrogen (secondary N) is 2. The quantitative estimate of drug-likeness (QED) is 0.674. The van der Waals surface area contributed by atoms with Crippen molar-refractivity contribution in [2.24, 2.45) is 4.99 Å². The van der Waals surface area contributed by atoms with Gasteiger partial charge in [0, 0.05) is 38.2 Å². The second kappa shape index (κ2) is 8.16. The standard InChI is InChI=1S/C22H23ClN6O/c23-19-18(26-20(27-19)14-6-2-1-3-7-14)13-29-11-9-16-15(12-29)22(30)28-21(25-16)17-8-4-5-10-24-17/h1-3,6-7H,4-5,8-13H2,(H,26,27)(H,25,28,30). The molecule has 2 N–H and O–H groups in total. The van der Waals surface area contributed by atoms with Crippen LogP contribution < -0.4 is 5.56 Å². The van der Waals surface area contributed by atoms with Crippen molar-refractivity contribution in [3.8, 4) is 11.4 Å². The molecule has 1 aromatic carbocycles. The average molecular weight is 423 g/mol. The highest BCUT2D eigenvalue weighted by Crippen LogP contribution is 2.24. The summed E-state index contributed by atoms with van der Waals surface area (Å²) < 4.78 is 0. The maximum absolute atomic E-state index is 12.8. The minimum atomic E-state index is -0.0614. The molecule has 0 bridgehead atoms. The molecule has 30 heavy (non-hydrogen) atoms. The largest absolute Gasteiger partial charge is 0.339 e. The van der Waals surface area contributed by atoms with E-state index in [1.165, 1.54) is 0 Å². The van der Waals surface area contributed by atoms with Gasteiger partial charge in [0.2, 0.25) is 0 Å². The number of benzene rings is 1. The number of hydrogen-bond donors (Lipinski definition) is 2. The molecular formula is C22H23ClN6O. The van der Waals surface area contributed by atoms with Gasteiger partial charge in [0.15, 0.2) is 11.0 Å². The van der Waals surface area contributed by atoms with Crippen molar-refractivity contribution in [1.82, 2.24) is 24.8 Å². The molecule has 2 aromatic heterocycles. The molecular weight excluding hydrogens is 400 g/mol. The van der Waals surface area contributed by atoms with E-state index in [4.69, 9.17) is 16.6 Å². The van der Waals surface area contributed by atoms with E-state index in [2.05, 4.69) is 24.8 Å². The Morgan fingerprint density at radius 3 is 2.70 bits per heavy atom. The predicted octanol–water partition coefficient (Wildman–Crippen LogP) is 3.34. The number of rotatable bonds is 4. The minimum absolute atomic E-state index is 0.0614. The molecule has 7 nitrogen and oxygen atoms in total. The van der Waals surface area contributed by atoms with Gasteiger partial charge in [0.1, 0.15) is 5.82 Å². The Balaban J connectivity index is 1.35. The molecule has 0 saturated heterocycles. The molecule has 0 atom stereocenters. The van der Waals surface area contributed by atoms with Crippen molar-refractivity contribution >= 4 is 17.3 Å². The van der Waals surface area contributed by atoms with E-state index in [1.54, 1.807) is 0 Å². The lowest BCUT2D eigenvalue weighted by Crippen LogP contribution is -2.36. The molecule has 0 amide bonds. The van der Waals surface area contributed by atoms with E-state index < -0.39 is 0 Å². The third-order valence-electron chi connectivity index (χ3n) is 5.70. The highest BCUT2D eigenvalue weighted by Gasteiger charge is 2.24. The van der Waals surface area contributed by atoms with Gasteiger partial charge in [0.05, 0.1) is 22.7 Å². The molecule has 0 saturated carbocycles. The van der Waals surface area contributed by atoms with Crippen LogP contribution in [0.2, 0.25) is 5.15 Å². The van der Waals surface area contributed by atoms with Gasteiger partial charge in [-0.05, 0) is 19.3 Å². The van der Waals surface area contributed by atoms with E-state index in [1.807, 2.05) is 30.3 Å². The Bertz CT molecular complexity index is 1150. The van der Waals surface area contributed by atoms with Gasteiger partial charge >= 0.3 is 0 Å². The molecule has 0 radical (unpaired) electrons. The average Bonchev–Trinajstić information content (AvgIpc) is 3.15. The monoisotopic (exact) mass is 422 g/mol. The van der Waals surface area contributed by atoms with Gasteiger partial charge in [-0.1, -0.05) is 41.9 Å². The van der Waals surface area contributed by atoms with Crippen LogP contribution in [0.3, 0.4) is 0 Å². The second-order valence-corrected chi connectivity index (χ2v) is 8.16. The van der Waals surface area contributed by atoms with Gasteiger partial charge in [-0.3, -0.25) is 14.7 Å². The minimum Gasteiger partial charge on any atom is -0.339 e. The number of fused-ring (bicyclic) bond motifs is 1. The number of aromatic amines is 2. The van der Waals surface area contributed by atoms with Gasteiger partial charge in [0.25, 0.3) is 5.56 Å². The number of H-pyrrole nitrogens is 2. The van der Waals surface area contributed by atoms with E-state index in [9.17, 15) is 4.79 Å². The highest BCUT2D eigenvalue weighted by molar-refractivity contribution is 6.30. The second-order valence-electron chi connectivity index (χ2n) is 7.81. The number of hydrogen-bond acceptors (Lipinski definition) is 5. The summed E-state index contributed by atoms with van der Waals surface area (Å²) in [6.07, 6.45) is 3.83. The van der Waals surface area contributed by atoms with E-state index in [0.717, 1.165) is 72.8 Å². The zero-order valence-electron chi connectivity index (χ0n) is 16.6. The Hall–Kier alpha value is -2.77. The van der Waals surface area contributed by atoms with E-state index in [-0.39, 0.29) is 5.56 Å². The molecule has 0 aliphatic carbocycles. The fourth-order valence-corrected chi connectivity index (χ4v) is 4.28. The molecule has 8 heteroatoms. The summed E-state index contributed by atoms with van der Waals surface area (Å²) in [6, 6.07) is 9.90. The zero-order chi connectivity index (χ0) is 20.5. The summed E-state index contributed by atoms with van der Waals surface area (Å²) >= 11 is 6.39. The molecule has 0 unspecified atom stereocenters. The number of aliphatic imine (C=N–C) groups is 1. The summed E-state index contributed by atoms with van der Waals surface area (Å²) in [7, 11) is 0. The number of aromatic nitrogens is 4. The first-order valence-electron chi connectivity index (χ1n) is 10.4. The Labute approximate surface area is 179 Å². The van der Waals surface area contributed by atoms with Crippen LogP contribution in [-0.2, 0) is 19.5 Å². The van der Waals surface area contributed by atoms with Crippen molar-refractivity contribution in [2.75, 3.05) is 13.1 Å². The molecule has 0 spiro atoms. The van der Waals surface area contributed by atoms with Gasteiger partial charge in [-0.15, -0.1) is 0 Å². The fraction of sp³-hybridized carbons (Fsp3) is 0.364. The zero-order valence-corrected chi connectivity index (χ0v) is 17.4. The molecule has 154 valence electrons. The van der Waals surface area contributed by atoms with E-state index in [0.29, 0.717) is 24.1 Å². The van der Waals surface area contributed by atoms with Crippen molar-refractivity contribution in [1.29, 1.82) is 0 Å². The van der Waals surface area contributed by atoms with Crippen LogP contribution in [0.25, 0.3) is 11.4 Å². The summed E-state index contributed by atoms with van der Waals surface area (Å²) in [4.78, 5) is 35.0. The summed E-state index contributed by atoms with van der Waals surface area (Å²) in [5.41, 5.74) is 4.35. The summed E-state index contributed by atoms with van der Waals surface area (Å²) in [5.74, 6) is 1.40. The van der Waals surface area contributed by atoms with Crippen molar-refractivity contribution in [3.63, 3.8) is 0 Å². The predicted molar refractivity (Wildman–Crippen MR) is 117 cm³/mol. The van der Waals surface area contributed by atoms with Crippen LogP contribution in [0.5, 0.6) is 0 Å². The van der Waals surface area contributed by atoms with Crippen LogP contribution >= 0.6 is 11.6 Å². The summed E-state index contributed by atoms with van der Waals surface area (Å²) in [5, 5.41) is 0.470. The van der Waals surface area contributed by atoms with E-state index >= 15 is 0 Å². The molecule has 2 aliphatic rings. The lowest BCUT2D eigenvalue weighted by atomic mass is 10.1. The first kappa shape index (κ1) is 19.2. The highest BCUT2D eigenvalue weighted by atomic mass is 35.5. The Morgan fingerprint density at radius 2 is 1.90 bits per heavy atom. The lowest BCUT2D eigenvalue weighted by Gasteiger charge is -2.27. The first-order chi connectivity index (χ1) is 14.7. The third-order valence-corrected chi connectivity index (χ3v) is 6.02. The molecule has 5 rings (SSSR count). The third kappa shape index (κ3) is 3.82. The van der Waals surface area contributed by atoms with Crippen molar-refractivity contribution in [3.05, 3.63) is 68.6 Å². The number of halogens is 1. The molecule has 2 aliphatic heterocycles. The van der Waals surface area contributed by atoms with Gasteiger partial charge in [-0.25, -0.2) is 9.97 Å². The maximum atomic E-state index is 12.8. The SMILES string of the molecule is O=c1[nH]c(C2=NCCCC2)nc2c1CN(Cc1[nH]c(-c3ccccc3)nc1Cl)CC2. The molecule has 3 aromatic rings. The van der Waals surface area contributed by atoms with Crippen LogP contribution in [0.15, 0.2) is 40.1 Å². The smallest absolute Gasteiger partial charge is 0.255 e. The van der Waals surface area contributed by atoms with Crippen LogP contribution in [0, 0.1) is 0 Å².